The summed E-state index contributed by atoms with van der Waals surface area (Å²) in [7, 11) is 0. The number of hydrogen-bond acceptors (Lipinski definition) is 2. The van der Waals surface area contributed by atoms with E-state index in [4.69, 9.17) is 0 Å². The summed E-state index contributed by atoms with van der Waals surface area (Å²) in [5, 5.41) is 1.62. The number of rotatable bonds is 4. The van der Waals surface area contributed by atoms with Crippen molar-refractivity contribution in [2.24, 2.45) is 0 Å². The molecule has 2 aromatic rings. The first-order chi connectivity index (χ1) is 9.90. The van der Waals surface area contributed by atoms with Crippen molar-refractivity contribution >= 4 is 23.5 Å². The quantitative estimate of drug-likeness (QED) is 0.691. The molecule has 1 aliphatic carbocycles. The predicted molar refractivity (Wildman–Crippen MR) is 90.6 cm³/mol. The Bertz CT molecular complexity index is 452. The molecule has 1 saturated carbocycles. The minimum absolute atomic E-state index is 0.810. The van der Waals surface area contributed by atoms with Crippen LogP contribution in [0.2, 0.25) is 0 Å². The monoisotopic (exact) mass is 300 g/mol. The van der Waals surface area contributed by atoms with Crippen LogP contribution in [0.1, 0.15) is 25.7 Å². The van der Waals surface area contributed by atoms with E-state index in [0.717, 1.165) is 10.5 Å². The molecule has 2 aromatic carbocycles. The van der Waals surface area contributed by atoms with Gasteiger partial charge in [-0.3, -0.25) is 0 Å². The Hall–Kier alpha value is -0.860. The molecule has 0 radical (unpaired) electrons. The topological polar surface area (TPSA) is 0 Å². The van der Waals surface area contributed by atoms with Gasteiger partial charge in [-0.25, -0.2) is 0 Å². The molecule has 1 aliphatic rings. The van der Waals surface area contributed by atoms with Gasteiger partial charge in [-0.1, -0.05) is 36.4 Å². The minimum Gasteiger partial charge on any atom is -0.123 e. The van der Waals surface area contributed by atoms with Crippen molar-refractivity contribution in [2.45, 2.75) is 46.0 Å². The zero-order valence-corrected chi connectivity index (χ0v) is 13.2. The lowest BCUT2D eigenvalue weighted by Crippen LogP contribution is -2.17. The second-order valence-corrected chi connectivity index (χ2v) is 8.01. The van der Waals surface area contributed by atoms with Crippen LogP contribution in [-0.4, -0.2) is 10.5 Å². The van der Waals surface area contributed by atoms with Crippen molar-refractivity contribution in [3.8, 4) is 0 Å². The lowest BCUT2D eigenvalue weighted by atomic mass is 10.00. The van der Waals surface area contributed by atoms with Crippen molar-refractivity contribution in [1.29, 1.82) is 0 Å². The van der Waals surface area contributed by atoms with Crippen LogP contribution in [0.3, 0.4) is 0 Å². The lowest BCUT2D eigenvalue weighted by Gasteiger charge is -2.27. The van der Waals surface area contributed by atoms with Gasteiger partial charge in [0.15, 0.2) is 0 Å². The van der Waals surface area contributed by atoms with Gasteiger partial charge in [-0.05, 0) is 49.9 Å². The standard InChI is InChI=1S/C18H20S2/c1-3-7-15(8-4-1)19-17-11-13-18(14-12-17)20-16-9-5-2-6-10-16/h1-10,17-18H,11-14H2. The first-order valence-electron chi connectivity index (χ1n) is 7.33. The van der Waals surface area contributed by atoms with Gasteiger partial charge in [-0.15, -0.1) is 23.5 Å². The van der Waals surface area contributed by atoms with Crippen molar-refractivity contribution in [3.63, 3.8) is 0 Å². The molecule has 0 heterocycles. The Balaban J connectivity index is 1.47. The molecule has 20 heavy (non-hydrogen) atoms. The summed E-state index contributed by atoms with van der Waals surface area (Å²) in [4.78, 5) is 2.85. The summed E-state index contributed by atoms with van der Waals surface area (Å²) in [6, 6.07) is 21.7. The smallest absolute Gasteiger partial charge is 0.00952 e. The summed E-state index contributed by atoms with van der Waals surface area (Å²) in [5.41, 5.74) is 0. The van der Waals surface area contributed by atoms with Crippen LogP contribution in [0.25, 0.3) is 0 Å². The molecule has 0 N–H and O–H groups in total. The van der Waals surface area contributed by atoms with E-state index in [1.54, 1.807) is 0 Å². The molecular weight excluding hydrogens is 280 g/mol. The Kier molecular flexibility index (Phi) is 5.10. The fourth-order valence-electron chi connectivity index (χ4n) is 2.65. The predicted octanol–water partition coefficient (Wildman–Crippen LogP) is 5.88. The van der Waals surface area contributed by atoms with E-state index in [1.807, 2.05) is 0 Å². The molecule has 104 valence electrons. The third kappa shape index (κ3) is 4.07. The number of benzene rings is 2. The zero-order chi connectivity index (χ0) is 13.6. The van der Waals surface area contributed by atoms with Crippen LogP contribution in [0.5, 0.6) is 0 Å². The number of thioether (sulfide) groups is 2. The number of hydrogen-bond donors (Lipinski definition) is 0. The maximum atomic E-state index is 2.23. The van der Waals surface area contributed by atoms with Gasteiger partial charge in [-0.2, -0.15) is 0 Å². The fourth-order valence-corrected chi connectivity index (χ4v) is 5.07. The Morgan fingerprint density at radius 3 is 1.25 bits per heavy atom. The molecule has 2 heteroatoms. The highest BCUT2D eigenvalue weighted by Gasteiger charge is 2.22. The van der Waals surface area contributed by atoms with Gasteiger partial charge < -0.3 is 0 Å². The molecule has 0 saturated heterocycles. The summed E-state index contributed by atoms with van der Waals surface area (Å²) in [6.45, 7) is 0. The van der Waals surface area contributed by atoms with Gasteiger partial charge in [0.2, 0.25) is 0 Å². The Labute approximate surface area is 130 Å². The van der Waals surface area contributed by atoms with Gasteiger partial charge in [0.25, 0.3) is 0 Å². The molecule has 0 aromatic heterocycles. The van der Waals surface area contributed by atoms with E-state index in [9.17, 15) is 0 Å². The van der Waals surface area contributed by atoms with Crippen molar-refractivity contribution < 1.29 is 0 Å². The molecule has 0 unspecified atom stereocenters. The highest BCUT2D eigenvalue weighted by Crippen LogP contribution is 2.39. The second-order valence-electron chi connectivity index (χ2n) is 5.26. The van der Waals surface area contributed by atoms with Crippen molar-refractivity contribution in [3.05, 3.63) is 60.7 Å². The minimum atomic E-state index is 0.810. The molecule has 1 fully saturated rings. The molecule has 0 spiro atoms. The molecule has 0 aliphatic heterocycles. The van der Waals surface area contributed by atoms with Crippen LogP contribution in [0.15, 0.2) is 70.5 Å². The summed E-state index contributed by atoms with van der Waals surface area (Å²) < 4.78 is 0. The highest BCUT2D eigenvalue weighted by atomic mass is 32.2. The van der Waals surface area contributed by atoms with E-state index < -0.39 is 0 Å². The highest BCUT2D eigenvalue weighted by molar-refractivity contribution is 8.00. The molecule has 0 amide bonds. The van der Waals surface area contributed by atoms with E-state index in [-0.39, 0.29) is 0 Å². The molecular formula is C18H20S2. The molecule has 0 atom stereocenters. The Morgan fingerprint density at radius 2 is 0.900 bits per heavy atom. The maximum absolute atomic E-state index is 2.23. The normalized spacial score (nSPS) is 22.6. The maximum Gasteiger partial charge on any atom is 0.00952 e. The van der Waals surface area contributed by atoms with Crippen molar-refractivity contribution in [2.75, 3.05) is 0 Å². The van der Waals surface area contributed by atoms with Gasteiger partial charge >= 0.3 is 0 Å². The molecule has 0 bridgehead atoms. The third-order valence-corrected chi connectivity index (χ3v) is 6.41. The van der Waals surface area contributed by atoms with Gasteiger partial charge in [0.1, 0.15) is 0 Å². The molecule has 3 rings (SSSR count). The van der Waals surface area contributed by atoms with Crippen LogP contribution in [0, 0.1) is 0 Å². The van der Waals surface area contributed by atoms with Crippen LogP contribution < -0.4 is 0 Å². The van der Waals surface area contributed by atoms with Gasteiger partial charge in [0.05, 0.1) is 0 Å². The fraction of sp³-hybridized carbons (Fsp3) is 0.333. The average Bonchev–Trinajstić information content (AvgIpc) is 2.51. The second kappa shape index (κ2) is 7.24. The van der Waals surface area contributed by atoms with E-state index in [0.29, 0.717) is 0 Å². The van der Waals surface area contributed by atoms with Crippen LogP contribution >= 0.6 is 23.5 Å². The summed E-state index contributed by atoms with van der Waals surface area (Å²) in [6.07, 6.45) is 5.41. The van der Waals surface area contributed by atoms with Crippen LogP contribution in [-0.2, 0) is 0 Å². The van der Waals surface area contributed by atoms with E-state index in [2.05, 4.69) is 84.2 Å². The molecule has 0 nitrogen and oxygen atoms in total. The average molecular weight is 300 g/mol. The Morgan fingerprint density at radius 1 is 0.550 bits per heavy atom. The summed E-state index contributed by atoms with van der Waals surface area (Å²) in [5.74, 6) is 0. The first kappa shape index (κ1) is 14.1. The lowest BCUT2D eigenvalue weighted by molar-refractivity contribution is 0.528. The SMILES string of the molecule is c1ccc(SC2CCC(Sc3ccccc3)CC2)cc1. The first-order valence-corrected chi connectivity index (χ1v) is 9.09. The van der Waals surface area contributed by atoms with Crippen molar-refractivity contribution in [1.82, 2.24) is 0 Å². The van der Waals surface area contributed by atoms with Gasteiger partial charge in [0, 0.05) is 20.3 Å². The summed E-state index contributed by atoms with van der Waals surface area (Å²) >= 11 is 4.13. The van der Waals surface area contributed by atoms with E-state index in [1.165, 1.54) is 35.5 Å². The zero-order valence-electron chi connectivity index (χ0n) is 11.6. The van der Waals surface area contributed by atoms with Crippen LogP contribution in [0.4, 0.5) is 0 Å². The largest absolute Gasteiger partial charge is 0.123 e. The third-order valence-electron chi connectivity index (χ3n) is 3.71. The van der Waals surface area contributed by atoms with E-state index >= 15 is 0 Å².